The molecule has 0 unspecified atom stereocenters. The minimum Gasteiger partial charge on any atom is -0.314 e. The van der Waals surface area contributed by atoms with Crippen LogP contribution >= 0.6 is 0 Å². The summed E-state index contributed by atoms with van der Waals surface area (Å²) in [5.41, 5.74) is 15.7. The van der Waals surface area contributed by atoms with Crippen molar-refractivity contribution in [1.29, 1.82) is 0 Å². The average Bonchev–Trinajstić information content (AvgIpc) is 3.38. The number of para-hydroxylation sites is 3. The summed E-state index contributed by atoms with van der Waals surface area (Å²) < 4.78 is 0. The number of benzene rings is 6. The maximum atomic E-state index is 3.81. The second kappa shape index (κ2) is 14.4. The van der Waals surface area contributed by atoms with Gasteiger partial charge in [-0.1, -0.05) is 142 Å². The first-order valence-electron chi connectivity index (χ1n) is 17.6. The Morgan fingerprint density at radius 1 is 0.569 bits per heavy atom. The lowest BCUT2D eigenvalue weighted by molar-refractivity contribution is 0.660. The molecule has 1 aliphatic rings. The number of allylic oxidation sites excluding steroid dienone is 5. The lowest BCUT2D eigenvalue weighted by Crippen LogP contribution is -2.16. The van der Waals surface area contributed by atoms with E-state index in [1.54, 1.807) is 6.08 Å². The van der Waals surface area contributed by atoms with Crippen LogP contribution in [0.4, 0.5) is 28.4 Å². The third-order valence-corrected chi connectivity index (χ3v) is 9.88. The maximum Gasteiger partial charge on any atom is 0.0487 e. The number of anilines is 5. The van der Waals surface area contributed by atoms with Crippen molar-refractivity contribution in [2.45, 2.75) is 33.1 Å². The summed E-state index contributed by atoms with van der Waals surface area (Å²) >= 11 is 0. The van der Waals surface area contributed by atoms with E-state index in [0.717, 1.165) is 34.0 Å². The minimum absolute atomic E-state index is 0.142. The molecule has 0 saturated heterocycles. The van der Waals surface area contributed by atoms with Crippen molar-refractivity contribution in [3.63, 3.8) is 0 Å². The number of rotatable bonds is 10. The molecule has 250 valence electrons. The monoisotopic (exact) mass is 660 g/mol. The molecule has 0 aromatic heterocycles. The molecular weight excluding hydrogens is 617 g/mol. The number of fused-ring (bicyclic) bond motifs is 3. The van der Waals surface area contributed by atoms with Crippen LogP contribution in [0.5, 0.6) is 0 Å². The molecule has 0 radical (unpaired) electrons. The van der Waals surface area contributed by atoms with Gasteiger partial charge in [0.15, 0.2) is 0 Å². The van der Waals surface area contributed by atoms with Gasteiger partial charge < -0.3 is 9.80 Å². The zero-order chi connectivity index (χ0) is 35.4. The highest BCUT2D eigenvalue weighted by molar-refractivity contribution is 5.87. The van der Waals surface area contributed by atoms with Crippen molar-refractivity contribution < 1.29 is 0 Å². The number of hydrogen-bond donors (Lipinski definition) is 0. The summed E-state index contributed by atoms with van der Waals surface area (Å²) in [6, 6.07) is 52.4. The predicted molar refractivity (Wildman–Crippen MR) is 220 cm³/mol. The van der Waals surface area contributed by atoms with E-state index >= 15 is 0 Å². The van der Waals surface area contributed by atoms with Crippen LogP contribution in [0.15, 0.2) is 182 Å². The first kappa shape index (κ1) is 33.4. The first-order valence-corrected chi connectivity index (χ1v) is 17.6. The van der Waals surface area contributed by atoms with Crippen LogP contribution in [-0.2, 0) is 5.41 Å². The fraction of sp³-hybridized carbons (Fsp3) is 0.102. The molecule has 2 heteroatoms. The SMILES string of the molecule is C=CC=CC=C(C)N(c1ccc(C=Cc2ccc3c(c2)C(C)(C)c2cc(N(c4ccccc4)c4ccccc4)ccc2-3)cc1)c1ccccc1C. The summed E-state index contributed by atoms with van der Waals surface area (Å²) in [6.45, 7) is 12.8. The fourth-order valence-electron chi connectivity index (χ4n) is 7.21. The van der Waals surface area contributed by atoms with E-state index in [4.69, 9.17) is 0 Å². The Labute approximate surface area is 303 Å². The molecule has 51 heavy (non-hydrogen) atoms. The lowest BCUT2D eigenvalue weighted by atomic mass is 9.81. The molecule has 0 atom stereocenters. The van der Waals surface area contributed by atoms with Crippen molar-refractivity contribution in [2.75, 3.05) is 9.80 Å². The Hall–Kier alpha value is -6.12. The van der Waals surface area contributed by atoms with Gasteiger partial charge in [0.05, 0.1) is 0 Å². The van der Waals surface area contributed by atoms with E-state index in [-0.39, 0.29) is 5.41 Å². The first-order chi connectivity index (χ1) is 24.8. The molecule has 7 rings (SSSR count). The minimum atomic E-state index is -0.142. The van der Waals surface area contributed by atoms with Crippen molar-refractivity contribution in [3.05, 3.63) is 210 Å². The van der Waals surface area contributed by atoms with Gasteiger partial charge >= 0.3 is 0 Å². The van der Waals surface area contributed by atoms with E-state index in [1.165, 1.54) is 39.1 Å². The van der Waals surface area contributed by atoms with E-state index in [2.05, 4.69) is 208 Å². The normalized spacial score (nSPS) is 13.3. The Bertz CT molecular complexity index is 2210. The topological polar surface area (TPSA) is 6.48 Å². The molecule has 0 N–H and O–H groups in total. The third kappa shape index (κ3) is 6.74. The lowest BCUT2D eigenvalue weighted by Gasteiger charge is -2.28. The second-order valence-corrected chi connectivity index (χ2v) is 13.6. The predicted octanol–water partition coefficient (Wildman–Crippen LogP) is 13.7. The Morgan fingerprint density at radius 3 is 1.76 bits per heavy atom. The summed E-state index contributed by atoms with van der Waals surface area (Å²) in [5, 5.41) is 0. The van der Waals surface area contributed by atoms with Crippen LogP contribution < -0.4 is 9.80 Å². The highest BCUT2D eigenvalue weighted by Gasteiger charge is 2.36. The zero-order valence-electron chi connectivity index (χ0n) is 29.9. The molecule has 0 aliphatic heterocycles. The smallest absolute Gasteiger partial charge is 0.0487 e. The van der Waals surface area contributed by atoms with Crippen molar-refractivity contribution >= 4 is 40.6 Å². The van der Waals surface area contributed by atoms with Gasteiger partial charge in [0.2, 0.25) is 0 Å². The Balaban J connectivity index is 1.16. The van der Waals surface area contributed by atoms with Crippen LogP contribution in [-0.4, -0.2) is 0 Å². The number of hydrogen-bond acceptors (Lipinski definition) is 2. The standard InChI is InChI=1S/C49H44N2/c1-6-7-10-18-37(3)50(48-23-16-15-17-36(48)2)42-29-26-38(27-30-42)24-25-39-28-32-44-45-33-31-43(35-47(45)49(4,5)46(44)34-39)51(40-19-11-8-12-20-40)41-21-13-9-14-22-41/h6-35H,1H2,2-5H3. The molecular formula is C49H44N2. The molecule has 6 aromatic carbocycles. The van der Waals surface area contributed by atoms with Crippen LogP contribution in [0.2, 0.25) is 0 Å². The van der Waals surface area contributed by atoms with E-state index in [0.29, 0.717) is 0 Å². The molecule has 2 nitrogen and oxygen atoms in total. The van der Waals surface area contributed by atoms with Gasteiger partial charge in [0.25, 0.3) is 0 Å². The number of nitrogens with zero attached hydrogens (tertiary/aromatic N) is 2. The quantitative estimate of drug-likeness (QED) is 0.107. The molecule has 0 amide bonds. The van der Waals surface area contributed by atoms with Gasteiger partial charge in [-0.05, 0) is 113 Å². The highest BCUT2D eigenvalue weighted by atomic mass is 15.1. The molecule has 0 saturated carbocycles. The van der Waals surface area contributed by atoms with Gasteiger partial charge in [-0.3, -0.25) is 0 Å². The molecule has 0 fully saturated rings. The number of aryl methyl sites for hydroxylation is 1. The fourth-order valence-corrected chi connectivity index (χ4v) is 7.21. The second-order valence-electron chi connectivity index (χ2n) is 13.6. The summed E-state index contributed by atoms with van der Waals surface area (Å²) in [7, 11) is 0. The van der Waals surface area contributed by atoms with Crippen LogP contribution in [0.1, 0.15) is 48.6 Å². The summed E-state index contributed by atoms with van der Waals surface area (Å²) in [5.74, 6) is 0. The Kier molecular flexibility index (Phi) is 9.42. The summed E-state index contributed by atoms with van der Waals surface area (Å²) in [4.78, 5) is 4.65. The van der Waals surface area contributed by atoms with E-state index < -0.39 is 0 Å². The molecule has 6 aromatic rings. The van der Waals surface area contributed by atoms with Crippen molar-refractivity contribution in [1.82, 2.24) is 0 Å². The highest BCUT2D eigenvalue weighted by Crippen LogP contribution is 2.51. The molecule has 1 aliphatic carbocycles. The van der Waals surface area contributed by atoms with Gasteiger partial charge in [-0.2, -0.15) is 0 Å². The van der Waals surface area contributed by atoms with Crippen molar-refractivity contribution in [3.8, 4) is 11.1 Å². The van der Waals surface area contributed by atoms with Crippen LogP contribution in [0.25, 0.3) is 23.3 Å². The molecule has 0 bridgehead atoms. The van der Waals surface area contributed by atoms with E-state index in [9.17, 15) is 0 Å². The van der Waals surface area contributed by atoms with E-state index in [1.807, 2.05) is 12.2 Å². The van der Waals surface area contributed by atoms with Crippen LogP contribution in [0.3, 0.4) is 0 Å². The average molecular weight is 661 g/mol. The van der Waals surface area contributed by atoms with Gasteiger partial charge in [0, 0.05) is 39.5 Å². The van der Waals surface area contributed by atoms with Gasteiger partial charge in [0.1, 0.15) is 0 Å². The van der Waals surface area contributed by atoms with Gasteiger partial charge in [-0.25, -0.2) is 0 Å². The van der Waals surface area contributed by atoms with Crippen LogP contribution in [0, 0.1) is 6.92 Å². The third-order valence-electron chi connectivity index (χ3n) is 9.88. The maximum absolute atomic E-state index is 3.81. The Morgan fingerprint density at radius 2 is 1.12 bits per heavy atom. The molecule has 0 spiro atoms. The van der Waals surface area contributed by atoms with Gasteiger partial charge in [-0.15, -0.1) is 0 Å². The van der Waals surface area contributed by atoms with Crippen molar-refractivity contribution in [2.24, 2.45) is 0 Å². The summed E-state index contributed by atoms with van der Waals surface area (Å²) in [6.07, 6.45) is 12.4. The largest absolute Gasteiger partial charge is 0.314 e. The molecule has 0 heterocycles. The zero-order valence-corrected chi connectivity index (χ0v) is 29.9.